The second kappa shape index (κ2) is 10.8. The molecule has 2 aromatic heterocycles. The van der Waals surface area contributed by atoms with E-state index in [9.17, 15) is 14.4 Å². The minimum absolute atomic E-state index is 0.238. The van der Waals surface area contributed by atoms with Crippen molar-refractivity contribution >= 4 is 39.5 Å². The summed E-state index contributed by atoms with van der Waals surface area (Å²) in [5, 5.41) is 13.9. The van der Waals surface area contributed by atoms with Crippen molar-refractivity contribution in [2.75, 3.05) is 7.05 Å². The Hall–Kier alpha value is -3.95. The van der Waals surface area contributed by atoms with Gasteiger partial charge in [0.25, 0.3) is 0 Å². The fourth-order valence-electron chi connectivity index (χ4n) is 4.76. The Morgan fingerprint density at radius 1 is 0.868 bits per heavy atom. The van der Waals surface area contributed by atoms with E-state index in [0.29, 0.717) is 12.8 Å². The SMILES string of the molecule is CNC(C)(C)C(=O)NC(=O)[C@@H](Cc1c[nH]c2ccccc12)N[C@@](C)(Cc1c[nH]c2ccccc12)NC(C)=O. The van der Waals surface area contributed by atoms with Gasteiger partial charge in [-0.2, -0.15) is 0 Å². The minimum atomic E-state index is -0.994. The molecule has 2 aromatic carbocycles. The van der Waals surface area contributed by atoms with Crippen LogP contribution in [0.2, 0.25) is 0 Å². The summed E-state index contributed by atoms with van der Waals surface area (Å²) in [4.78, 5) is 45.3. The minimum Gasteiger partial charge on any atom is -0.361 e. The Bertz CT molecular complexity index is 1470. The molecule has 0 saturated heterocycles. The van der Waals surface area contributed by atoms with Gasteiger partial charge in [-0.15, -0.1) is 0 Å². The van der Waals surface area contributed by atoms with Crippen molar-refractivity contribution in [3.05, 3.63) is 72.1 Å². The zero-order chi connectivity index (χ0) is 27.5. The highest BCUT2D eigenvalue weighted by atomic mass is 16.2. The highest BCUT2D eigenvalue weighted by Gasteiger charge is 2.35. The number of hydrogen-bond acceptors (Lipinski definition) is 5. The fraction of sp³-hybridized carbons (Fsp3) is 0.345. The highest BCUT2D eigenvalue weighted by Crippen LogP contribution is 2.24. The largest absolute Gasteiger partial charge is 0.361 e. The Morgan fingerprint density at radius 3 is 2.00 bits per heavy atom. The lowest BCUT2D eigenvalue weighted by molar-refractivity contribution is -0.135. The summed E-state index contributed by atoms with van der Waals surface area (Å²) in [7, 11) is 1.67. The van der Waals surface area contributed by atoms with Gasteiger partial charge in [0.2, 0.25) is 17.7 Å². The summed E-state index contributed by atoms with van der Waals surface area (Å²) in [5.74, 6) is -1.15. The zero-order valence-electron chi connectivity index (χ0n) is 22.5. The molecule has 6 N–H and O–H groups in total. The van der Waals surface area contributed by atoms with Gasteiger partial charge in [0.1, 0.15) is 0 Å². The molecule has 0 radical (unpaired) electrons. The molecular weight excluding hydrogens is 480 g/mol. The van der Waals surface area contributed by atoms with Gasteiger partial charge in [-0.05, 0) is 57.5 Å². The van der Waals surface area contributed by atoms with Gasteiger partial charge in [0, 0.05) is 47.5 Å². The number of rotatable bonds is 10. The Kier molecular flexibility index (Phi) is 7.71. The number of nitrogens with one attached hydrogen (secondary N) is 6. The molecule has 2 heterocycles. The van der Waals surface area contributed by atoms with Crippen LogP contribution in [0.25, 0.3) is 21.8 Å². The molecule has 9 heteroatoms. The standard InChI is InChI=1S/C29H36N6O3/c1-18(36)34-29(4,15-20-17-32-24-13-9-7-11-22(20)24)35-25(26(37)33-27(38)28(2,3)30-5)14-19-16-31-23-12-8-6-10-21(19)23/h6-13,16-17,25,30-32,35H,14-15H2,1-5H3,(H,34,36)(H,33,37,38)/t25-,29+/m1/s1. The number of H-pyrrole nitrogens is 2. The van der Waals surface area contributed by atoms with Crippen molar-refractivity contribution in [2.24, 2.45) is 0 Å². The number of imide groups is 1. The second-order valence-corrected chi connectivity index (χ2v) is 10.5. The van der Waals surface area contributed by atoms with Gasteiger partial charge < -0.3 is 20.6 Å². The molecule has 4 rings (SSSR count). The van der Waals surface area contributed by atoms with E-state index in [1.807, 2.05) is 67.8 Å². The average Bonchev–Trinajstić information content (AvgIpc) is 3.47. The van der Waals surface area contributed by atoms with E-state index in [1.54, 1.807) is 20.9 Å². The number of carbonyl (C=O) groups is 3. The van der Waals surface area contributed by atoms with Gasteiger partial charge >= 0.3 is 0 Å². The molecule has 0 bridgehead atoms. The zero-order valence-corrected chi connectivity index (χ0v) is 22.5. The summed E-state index contributed by atoms with van der Waals surface area (Å²) in [6.45, 7) is 6.71. The molecular formula is C29H36N6O3. The first-order chi connectivity index (χ1) is 18.0. The van der Waals surface area contributed by atoms with Crippen LogP contribution in [0.4, 0.5) is 0 Å². The Balaban J connectivity index is 1.68. The van der Waals surface area contributed by atoms with Crippen molar-refractivity contribution in [1.29, 1.82) is 0 Å². The lowest BCUT2D eigenvalue weighted by Crippen LogP contribution is -2.65. The van der Waals surface area contributed by atoms with Crippen LogP contribution < -0.4 is 21.3 Å². The van der Waals surface area contributed by atoms with Crippen LogP contribution >= 0.6 is 0 Å². The van der Waals surface area contributed by atoms with Crippen molar-refractivity contribution < 1.29 is 14.4 Å². The number of fused-ring (bicyclic) bond motifs is 2. The third kappa shape index (κ3) is 5.95. The molecule has 0 aliphatic heterocycles. The quantitative estimate of drug-likeness (QED) is 0.181. The van der Waals surface area contributed by atoms with Crippen LogP contribution in [0, 0.1) is 0 Å². The molecule has 9 nitrogen and oxygen atoms in total. The maximum atomic E-state index is 13.6. The van der Waals surface area contributed by atoms with Gasteiger partial charge in [-0.1, -0.05) is 36.4 Å². The predicted octanol–water partition coefficient (Wildman–Crippen LogP) is 2.89. The summed E-state index contributed by atoms with van der Waals surface area (Å²) >= 11 is 0. The summed E-state index contributed by atoms with van der Waals surface area (Å²) in [5.41, 5.74) is 1.92. The third-order valence-electron chi connectivity index (χ3n) is 7.01. The normalized spacial score (nSPS) is 14.2. The first-order valence-electron chi connectivity index (χ1n) is 12.7. The summed E-state index contributed by atoms with van der Waals surface area (Å²) < 4.78 is 0. The van der Waals surface area contributed by atoms with Crippen LogP contribution in [-0.2, 0) is 27.2 Å². The molecule has 0 spiro atoms. The number of aromatic nitrogens is 2. The molecule has 200 valence electrons. The van der Waals surface area contributed by atoms with E-state index < -0.39 is 29.1 Å². The number of likely N-dealkylation sites (N-methyl/N-ethyl adjacent to an activating group) is 1. The summed E-state index contributed by atoms with van der Waals surface area (Å²) in [6.07, 6.45) is 4.50. The van der Waals surface area contributed by atoms with Crippen LogP contribution in [0.1, 0.15) is 38.8 Å². The molecule has 0 fully saturated rings. The first kappa shape index (κ1) is 27.1. The van der Waals surface area contributed by atoms with Crippen molar-refractivity contribution in [2.45, 2.75) is 57.8 Å². The number of carbonyl (C=O) groups excluding carboxylic acids is 3. The van der Waals surface area contributed by atoms with Crippen molar-refractivity contribution in [3.63, 3.8) is 0 Å². The number of hydrogen-bond donors (Lipinski definition) is 6. The third-order valence-corrected chi connectivity index (χ3v) is 7.01. The van der Waals surface area contributed by atoms with E-state index in [4.69, 9.17) is 0 Å². The van der Waals surface area contributed by atoms with Crippen LogP contribution in [0.3, 0.4) is 0 Å². The molecule has 38 heavy (non-hydrogen) atoms. The predicted molar refractivity (Wildman–Crippen MR) is 149 cm³/mol. The van der Waals surface area contributed by atoms with Crippen molar-refractivity contribution in [1.82, 2.24) is 31.2 Å². The maximum Gasteiger partial charge on any atom is 0.246 e. The topological polar surface area (TPSA) is 131 Å². The highest BCUT2D eigenvalue weighted by molar-refractivity contribution is 6.02. The van der Waals surface area contributed by atoms with Gasteiger partial charge in [0.05, 0.1) is 17.2 Å². The number of aromatic amines is 2. The summed E-state index contributed by atoms with van der Waals surface area (Å²) in [6, 6.07) is 15.0. The lowest BCUT2D eigenvalue weighted by atomic mass is 9.96. The van der Waals surface area contributed by atoms with E-state index in [-0.39, 0.29) is 5.91 Å². The molecule has 2 atom stereocenters. The van der Waals surface area contributed by atoms with E-state index in [1.165, 1.54) is 6.92 Å². The fourth-order valence-corrected chi connectivity index (χ4v) is 4.76. The van der Waals surface area contributed by atoms with Gasteiger partial charge in [-0.3, -0.25) is 25.0 Å². The average molecular weight is 517 g/mol. The maximum absolute atomic E-state index is 13.6. The first-order valence-corrected chi connectivity index (χ1v) is 12.7. The number of benzene rings is 2. The smallest absolute Gasteiger partial charge is 0.246 e. The molecule has 4 aromatic rings. The number of para-hydroxylation sites is 2. The van der Waals surface area contributed by atoms with E-state index in [0.717, 1.165) is 32.9 Å². The Labute approximate surface area is 222 Å². The van der Waals surface area contributed by atoms with Crippen molar-refractivity contribution in [3.8, 4) is 0 Å². The molecule has 0 aliphatic rings. The number of amides is 3. The molecule has 3 amide bonds. The van der Waals surface area contributed by atoms with Crippen LogP contribution in [0.15, 0.2) is 60.9 Å². The van der Waals surface area contributed by atoms with Gasteiger partial charge in [-0.25, -0.2) is 0 Å². The van der Waals surface area contributed by atoms with E-state index in [2.05, 4.69) is 31.2 Å². The molecule has 0 saturated carbocycles. The lowest BCUT2D eigenvalue weighted by Gasteiger charge is -2.36. The monoisotopic (exact) mass is 516 g/mol. The van der Waals surface area contributed by atoms with Crippen LogP contribution in [0.5, 0.6) is 0 Å². The Morgan fingerprint density at radius 2 is 1.42 bits per heavy atom. The second-order valence-electron chi connectivity index (χ2n) is 10.5. The van der Waals surface area contributed by atoms with Crippen LogP contribution in [-0.4, -0.2) is 52.0 Å². The van der Waals surface area contributed by atoms with E-state index >= 15 is 0 Å². The van der Waals surface area contributed by atoms with Gasteiger partial charge in [0.15, 0.2) is 0 Å². The molecule has 0 aliphatic carbocycles. The molecule has 0 unspecified atom stereocenters.